The molecule has 1 rings (SSSR count). The van der Waals surface area contributed by atoms with Crippen LogP contribution in [0.2, 0.25) is 0 Å². The molecule has 1 aromatic carbocycles. The van der Waals surface area contributed by atoms with Gasteiger partial charge >= 0.3 is 0 Å². The van der Waals surface area contributed by atoms with Gasteiger partial charge in [0.05, 0.1) is 10.5 Å². The van der Waals surface area contributed by atoms with Crippen LogP contribution >= 0.6 is 0 Å². The van der Waals surface area contributed by atoms with E-state index >= 15 is 0 Å². The molecule has 0 aromatic heterocycles. The molecule has 1 amide bonds. The van der Waals surface area contributed by atoms with Crippen molar-refractivity contribution < 1.29 is 17.6 Å². The van der Waals surface area contributed by atoms with Crippen molar-refractivity contribution in [3.8, 4) is 0 Å². The lowest BCUT2D eigenvalue weighted by molar-refractivity contribution is 0.0770. The number of nitrogens with two attached hydrogens (primary N) is 1. The number of sulfonamides is 1. The molecule has 2 N–H and O–H groups in total. The van der Waals surface area contributed by atoms with Gasteiger partial charge in [-0.3, -0.25) is 4.79 Å². The van der Waals surface area contributed by atoms with Gasteiger partial charge in [0.2, 0.25) is 10.0 Å². The Bertz CT molecular complexity index is 602. The van der Waals surface area contributed by atoms with E-state index in [9.17, 15) is 17.6 Å². The fraction of sp³-hybridized carbons (Fsp3) is 0.462. The SMILES string of the molecule is CCC(C)CN(C)C(=O)c1cc(S(N)(=O)=O)ccc1F. The molecule has 0 spiro atoms. The van der Waals surface area contributed by atoms with Crippen molar-refractivity contribution in [2.45, 2.75) is 25.2 Å². The molecule has 112 valence electrons. The van der Waals surface area contributed by atoms with Crippen molar-refractivity contribution in [2.75, 3.05) is 13.6 Å². The first-order valence-corrected chi connectivity index (χ1v) is 7.79. The van der Waals surface area contributed by atoms with E-state index in [-0.39, 0.29) is 16.4 Å². The van der Waals surface area contributed by atoms with Gasteiger partial charge in [0.25, 0.3) is 5.91 Å². The molecule has 7 heteroatoms. The first kappa shape index (κ1) is 16.6. The lowest BCUT2D eigenvalue weighted by Crippen LogP contribution is -2.31. The minimum Gasteiger partial charge on any atom is -0.341 e. The molecule has 1 unspecified atom stereocenters. The standard InChI is InChI=1S/C13H19FN2O3S/c1-4-9(2)8-16(3)13(17)11-7-10(20(15,18)19)5-6-12(11)14/h5-7,9H,4,8H2,1-3H3,(H2,15,18,19). The Morgan fingerprint density at radius 1 is 1.45 bits per heavy atom. The van der Waals surface area contributed by atoms with Crippen molar-refractivity contribution in [3.05, 3.63) is 29.6 Å². The zero-order valence-corrected chi connectivity index (χ0v) is 12.6. The van der Waals surface area contributed by atoms with Gasteiger partial charge < -0.3 is 4.90 Å². The Balaban J connectivity index is 3.09. The summed E-state index contributed by atoms with van der Waals surface area (Å²) in [4.78, 5) is 13.2. The van der Waals surface area contributed by atoms with Crippen LogP contribution in [0.4, 0.5) is 4.39 Å². The summed E-state index contributed by atoms with van der Waals surface area (Å²) in [5.41, 5.74) is -0.290. The third-order valence-electron chi connectivity index (χ3n) is 3.13. The molecular weight excluding hydrogens is 283 g/mol. The maximum absolute atomic E-state index is 13.7. The van der Waals surface area contributed by atoms with Crippen molar-refractivity contribution in [2.24, 2.45) is 11.1 Å². The highest BCUT2D eigenvalue weighted by molar-refractivity contribution is 7.89. The van der Waals surface area contributed by atoms with Gasteiger partial charge in [-0.25, -0.2) is 17.9 Å². The van der Waals surface area contributed by atoms with Crippen LogP contribution in [0, 0.1) is 11.7 Å². The second-order valence-corrected chi connectivity index (χ2v) is 6.45. The van der Waals surface area contributed by atoms with E-state index in [1.165, 1.54) is 4.90 Å². The van der Waals surface area contributed by atoms with Crippen LogP contribution in [-0.4, -0.2) is 32.8 Å². The molecule has 0 saturated carbocycles. The molecule has 1 atom stereocenters. The number of primary sulfonamides is 1. The number of amides is 1. The van der Waals surface area contributed by atoms with Gasteiger partial charge in [0, 0.05) is 13.6 Å². The Morgan fingerprint density at radius 2 is 2.05 bits per heavy atom. The summed E-state index contributed by atoms with van der Waals surface area (Å²) < 4.78 is 36.2. The fourth-order valence-electron chi connectivity index (χ4n) is 1.73. The number of benzene rings is 1. The maximum atomic E-state index is 13.7. The van der Waals surface area contributed by atoms with Crippen molar-refractivity contribution in [3.63, 3.8) is 0 Å². The van der Waals surface area contributed by atoms with Gasteiger partial charge in [0.15, 0.2) is 0 Å². The molecule has 5 nitrogen and oxygen atoms in total. The third kappa shape index (κ3) is 4.01. The van der Waals surface area contributed by atoms with Crippen molar-refractivity contribution >= 4 is 15.9 Å². The van der Waals surface area contributed by atoms with E-state index in [1.54, 1.807) is 7.05 Å². The second-order valence-electron chi connectivity index (χ2n) is 4.89. The van der Waals surface area contributed by atoms with Gasteiger partial charge in [0.1, 0.15) is 5.82 Å². The number of rotatable bonds is 5. The molecule has 0 heterocycles. The molecule has 0 fully saturated rings. The van der Waals surface area contributed by atoms with Gasteiger partial charge in [-0.2, -0.15) is 0 Å². The summed E-state index contributed by atoms with van der Waals surface area (Å²) in [6, 6.07) is 2.94. The second kappa shape index (κ2) is 6.32. The summed E-state index contributed by atoms with van der Waals surface area (Å²) in [6.07, 6.45) is 0.886. The largest absolute Gasteiger partial charge is 0.341 e. The molecule has 0 saturated heterocycles. The molecule has 0 bridgehead atoms. The monoisotopic (exact) mass is 302 g/mol. The van der Waals surface area contributed by atoms with E-state index in [0.717, 1.165) is 24.6 Å². The molecule has 20 heavy (non-hydrogen) atoms. The zero-order chi connectivity index (χ0) is 15.5. The number of hydrogen-bond donors (Lipinski definition) is 1. The average Bonchev–Trinajstić information content (AvgIpc) is 2.36. The van der Waals surface area contributed by atoms with Gasteiger partial charge in [-0.1, -0.05) is 20.3 Å². The van der Waals surface area contributed by atoms with Crippen LogP contribution < -0.4 is 5.14 Å². The van der Waals surface area contributed by atoms with E-state index in [0.29, 0.717) is 6.54 Å². The zero-order valence-electron chi connectivity index (χ0n) is 11.8. The van der Waals surface area contributed by atoms with E-state index in [2.05, 4.69) is 0 Å². The Morgan fingerprint density at radius 3 is 2.55 bits per heavy atom. The predicted molar refractivity (Wildman–Crippen MR) is 74.2 cm³/mol. The first-order valence-electron chi connectivity index (χ1n) is 6.24. The first-order chi connectivity index (χ1) is 9.16. The highest BCUT2D eigenvalue weighted by Gasteiger charge is 2.20. The summed E-state index contributed by atoms with van der Waals surface area (Å²) in [7, 11) is -2.41. The Kier molecular flexibility index (Phi) is 5.24. The summed E-state index contributed by atoms with van der Waals surface area (Å²) in [5, 5.41) is 4.98. The summed E-state index contributed by atoms with van der Waals surface area (Å²) in [6.45, 7) is 4.43. The number of carbonyl (C=O) groups is 1. The van der Waals surface area contributed by atoms with Crippen LogP contribution in [0.1, 0.15) is 30.6 Å². The van der Waals surface area contributed by atoms with Crippen LogP contribution in [0.15, 0.2) is 23.1 Å². The van der Waals surface area contributed by atoms with Crippen LogP contribution in [0.5, 0.6) is 0 Å². The normalized spacial score (nSPS) is 13.1. The van der Waals surface area contributed by atoms with E-state index < -0.39 is 21.7 Å². The summed E-state index contributed by atoms with van der Waals surface area (Å²) in [5.74, 6) is -1.06. The lowest BCUT2D eigenvalue weighted by atomic mass is 10.1. The Labute approximate surface area is 118 Å². The average molecular weight is 302 g/mol. The van der Waals surface area contributed by atoms with E-state index in [4.69, 9.17) is 5.14 Å². The fourth-order valence-corrected chi connectivity index (χ4v) is 2.27. The number of nitrogens with zero attached hydrogens (tertiary/aromatic N) is 1. The molecule has 0 radical (unpaired) electrons. The quantitative estimate of drug-likeness (QED) is 0.897. The lowest BCUT2D eigenvalue weighted by Gasteiger charge is -2.21. The number of carbonyl (C=O) groups excluding carboxylic acids is 1. The van der Waals surface area contributed by atoms with Gasteiger partial charge in [-0.05, 0) is 24.1 Å². The molecule has 0 aliphatic carbocycles. The smallest absolute Gasteiger partial charge is 0.256 e. The topological polar surface area (TPSA) is 80.5 Å². The summed E-state index contributed by atoms with van der Waals surface area (Å²) >= 11 is 0. The van der Waals surface area contributed by atoms with Crippen molar-refractivity contribution in [1.82, 2.24) is 4.90 Å². The minimum atomic E-state index is -3.97. The van der Waals surface area contributed by atoms with Gasteiger partial charge in [-0.15, -0.1) is 0 Å². The highest BCUT2D eigenvalue weighted by Crippen LogP contribution is 2.16. The molecule has 1 aromatic rings. The molecule has 0 aliphatic rings. The highest BCUT2D eigenvalue weighted by atomic mass is 32.2. The minimum absolute atomic E-state index is 0.272. The van der Waals surface area contributed by atoms with Crippen molar-refractivity contribution in [1.29, 1.82) is 0 Å². The third-order valence-corrected chi connectivity index (χ3v) is 4.04. The molecular formula is C13H19FN2O3S. The maximum Gasteiger partial charge on any atom is 0.256 e. The Hall–Kier alpha value is -1.47. The van der Waals surface area contributed by atoms with Crippen LogP contribution in [0.3, 0.4) is 0 Å². The number of hydrogen-bond acceptors (Lipinski definition) is 3. The van der Waals surface area contributed by atoms with Crippen LogP contribution in [-0.2, 0) is 10.0 Å². The number of halogens is 1. The van der Waals surface area contributed by atoms with Crippen LogP contribution in [0.25, 0.3) is 0 Å². The predicted octanol–water partition coefficient (Wildman–Crippen LogP) is 1.59. The molecule has 0 aliphatic heterocycles. The van der Waals surface area contributed by atoms with E-state index in [1.807, 2.05) is 13.8 Å².